The highest BCUT2D eigenvalue weighted by Gasteiger charge is 2.56. The van der Waals surface area contributed by atoms with Crippen LogP contribution in [-0.2, 0) is 0 Å². The monoisotopic (exact) mass is 343 g/mol. The maximum Gasteiger partial charge on any atom is 0.394 e. The Balaban J connectivity index is 2.19. The summed E-state index contributed by atoms with van der Waals surface area (Å²) >= 11 is 0. The molecule has 1 unspecified atom stereocenters. The Morgan fingerprint density at radius 1 is 1.33 bits per heavy atom. The van der Waals surface area contributed by atoms with Crippen molar-refractivity contribution in [2.45, 2.75) is 38.9 Å². The van der Waals surface area contributed by atoms with E-state index in [9.17, 15) is 22.8 Å². The Kier molecular flexibility index (Phi) is 4.52. The number of nitrogens with two attached hydrogens (primary N) is 1. The molecular formula is C16H20F3N3O2. The summed E-state index contributed by atoms with van der Waals surface area (Å²) < 4.78 is 39.3. The van der Waals surface area contributed by atoms with Gasteiger partial charge in [-0.3, -0.25) is 4.79 Å². The van der Waals surface area contributed by atoms with Crippen LogP contribution in [-0.4, -0.2) is 35.1 Å². The van der Waals surface area contributed by atoms with Crippen LogP contribution < -0.4 is 11.1 Å². The fourth-order valence-corrected chi connectivity index (χ4v) is 3.17. The van der Waals surface area contributed by atoms with Crippen LogP contribution in [0.15, 0.2) is 18.2 Å². The lowest BCUT2D eigenvalue weighted by atomic mass is 9.88. The number of aryl methyl sites for hydroxylation is 1. The van der Waals surface area contributed by atoms with Crippen LogP contribution in [0.3, 0.4) is 0 Å². The number of carbonyl (C=O) groups excluding carboxylic acids is 2. The number of halogens is 3. The van der Waals surface area contributed by atoms with E-state index in [-0.39, 0.29) is 18.5 Å². The summed E-state index contributed by atoms with van der Waals surface area (Å²) in [4.78, 5) is 24.9. The molecule has 8 heteroatoms. The zero-order chi connectivity index (χ0) is 18.3. The van der Waals surface area contributed by atoms with Crippen molar-refractivity contribution in [2.24, 2.45) is 11.7 Å². The molecule has 1 heterocycles. The third kappa shape index (κ3) is 3.32. The summed E-state index contributed by atoms with van der Waals surface area (Å²) in [5, 5.41) is 2.55. The van der Waals surface area contributed by atoms with Crippen molar-refractivity contribution in [3.05, 3.63) is 29.3 Å². The molecule has 1 saturated heterocycles. The molecule has 1 aliphatic heterocycles. The smallest absolute Gasteiger partial charge is 0.366 e. The number of amides is 3. The van der Waals surface area contributed by atoms with Crippen LogP contribution in [0.25, 0.3) is 0 Å². The highest BCUT2D eigenvalue weighted by molar-refractivity contribution is 5.97. The Morgan fingerprint density at radius 3 is 2.46 bits per heavy atom. The van der Waals surface area contributed by atoms with Crippen LogP contribution >= 0.6 is 0 Å². The SMILES string of the molecule is Cc1ccc(NC(=O)N2CCC(C(F)(F)F)C2(C)C)cc1C(N)=O. The van der Waals surface area contributed by atoms with Gasteiger partial charge in [-0.1, -0.05) is 6.07 Å². The second-order valence-electron chi connectivity index (χ2n) is 6.51. The number of nitrogens with one attached hydrogen (secondary N) is 1. The van der Waals surface area contributed by atoms with E-state index in [1.807, 2.05) is 0 Å². The van der Waals surface area contributed by atoms with Gasteiger partial charge in [-0.2, -0.15) is 13.2 Å². The molecule has 1 aromatic rings. The van der Waals surface area contributed by atoms with Crippen LogP contribution in [0.5, 0.6) is 0 Å². The second-order valence-corrected chi connectivity index (χ2v) is 6.51. The van der Waals surface area contributed by atoms with Crippen molar-refractivity contribution in [3.63, 3.8) is 0 Å². The summed E-state index contributed by atoms with van der Waals surface area (Å²) in [6, 6.07) is 3.97. The van der Waals surface area contributed by atoms with E-state index in [2.05, 4.69) is 5.32 Å². The maximum atomic E-state index is 13.1. The van der Waals surface area contributed by atoms with E-state index >= 15 is 0 Å². The first-order valence-electron chi connectivity index (χ1n) is 7.50. The van der Waals surface area contributed by atoms with E-state index in [4.69, 9.17) is 5.73 Å². The third-order valence-electron chi connectivity index (χ3n) is 4.58. The predicted octanol–water partition coefficient (Wildman–Crippen LogP) is 3.29. The lowest BCUT2D eigenvalue weighted by molar-refractivity contribution is -0.189. The number of benzene rings is 1. The van der Waals surface area contributed by atoms with Gasteiger partial charge in [-0.25, -0.2) is 4.79 Å². The third-order valence-corrected chi connectivity index (χ3v) is 4.58. The summed E-state index contributed by atoms with van der Waals surface area (Å²) in [6.07, 6.45) is -4.49. The molecule has 0 saturated carbocycles. The average Bonchev–Trinajstić information content (AvgIpc) is 2.75. The molecule has 5 nitrogen and oxygen atoms in total. The second kappa shape index (κ2) is 5.99. The lowest BCUT2D eigenvalue weighted by Crippen LogP contribution is -2.51. The molecule has 1 aliphatic rings. The van der Waals surface area contributed by atoms with Gasteiger partial charge >= 0.3 is 12.2 Å². The number of likely N-dealkylation sites (tertiary alicyclic amines) is 1. The average molecular weight is 343 g/mol. The van der Waals surface area contributed by atoms with Gasteiger partial charge in [0.25, 0.3) is 0 Å². The fraction of sp³-hybridized carbons (Fsp3) is 0.500. The summed E-state index contributed by atoms with van der Waals surface area (Å²) in [5.41, 5.74) is 5.13. The van der Waals surface area contributed by atoms with Crippen LogP contribution in [0.2, 0.25) is 0 Å². The fourth-order valence-electron chi connectivity index (χ4n) is 3.17. The number of anilines is 1. The number of nitrogens with zero attached hydrogens (tertiary/aromatic N) is 1. The zero-order valence-electron chi connectivity index (χ0n) is 13.7. The van der Waals surface area contributed by atoms with Gasteiger partial charge < -0.3 is 16.0 Å². The number of alkyl halides is 3. The topological polar surface area (TPSA) is 75.4 Å². The lowest BCUT2D eigenvalue weighted by Gasteiger charge is -2.36. The van der Waals surface area contributed by atoms with Crippen molar-refractivity contribution in [3.8, 4) is 0 Å². The minimum Gasteiger partial charge on any atom is -0.366 e. The number of hydrogen-bond acceptors (Lipinski definition) is 2. The van der Waals surface area contributed by atoms with Gasteiger partial charge in [0.05, 0.1) is 11.5 Å². The van der Waals surface area contributed by atoms with Crippen molar-refractivity contribution in [2.75, 3.05) is 11.9 Å². The summed E-state index contributed by atoms with van der Waals surface area (Å²) in [6.45, 7) is 4.52. The first kappa shape index (κ1) is 18.1. The number of rotatable bonds is 2. The Hall–Kier alpha value is -2.25. The van der Waals surface area contributed by atoms with Crippen LogP contribution in [0, 0.1) is 12.8 Å². The maximum absolute atomic E-state index is 13.1. The molecule has 2 rings (SSSR count). The molecule has 1 fully saturated rings. The van der Waals surface area contributed by atoms with E-state index in [1.165, 1.54) is 24.8 Å². The van der Waals surface area contributed by atoms with Crippen molar-refractivity contribution in [1.29, 1.82) is 0 Å². The number of primary amides is 1. The first-order chi connectivity index (χ1) is 10.9. The normalized spacial score (nSPS) is 20.1. The van der Waals surface area contributed by atoms with E-state index < -0.39 is 29.6 Å². The van der Waals surface area contributed by atoms with Gasteiger partial charge in [0.1, 0.15) is 0 Å². The molecule has 0 aliphatic carbocycles. The van der Waals surface area contributed by atoms with Gasteiger partial charge in [-0.15, -0.1) is 0 Å². The zero-order valence-corrected chi connectivity index (χ0v) is 13.7. The highest BCUT2D eigenvalue weighted by atomic mass is 19.4. The van der Waals surface area contributed by atoms with E-state index in [0.717, 1.165) is 0 Å². The van der Waals surface area contributed by atoms with Gasteiger partial charge in [0.2, 0.25) is 5.91 Å². The van der Waals surface area contributed by atoms with Crippen LogP contribution in [0.4, 0.5) is 23.7 Å². The highest BCUT2D eigenvalue weighted by Crippen LogP contribution is 2.44. The van der Waals surface area contributed by atoms with Crippen molar-refractivity contribution < 1.29 is 22.8 Å². The van der Waals surface area contributed by atoms with Crippen LogP contribution in [0.1, 0.15) is 36.2 Å². The standard InChI is InChI=1S/C16H20F3N3O2/c1-9-4-5-10(8-11(9)13(20)23)21-14(24)22-7-6-12(15(22,2)3)16(17,18)19/h4-5,8,12H,6-7H2,1-3H3,(H2,20,23)(H,21,24). The number of carbonyl (C=O) groups is 2. The molecule has 3 N–H and O–H groups in total. The Bertz CT molecular complexity index is 671. The minimum atomic E-state index is -4.36. The molecule has 0 spiro atoms. The van der Waals surface area contributed by atoms with Crippen molar-refractivity contribution in [1.82, 2.24) is 4.90 Å². The predicted molar refractivity (Wildman–Crippen MR) is 83.7 cm³/mol. The Labute approximate surface area is 138 Å². The quantitative estimate of drug-likeness (QED) is 0.864. The molecule has 3 amide bonds. The molecule has 1 atom stereocenters. The first-order valence-corrected chi connectivity index (χ1v) is 7.50. The summed E-state index contributed by atoms with van der Waals surface area (Å²) in [5.74, 6) is -2.21. The Morgan fingerprint density at radius 2 is 1.96 bits per heavy atom. The van der Waals surface area contributed by atoms with E-state index in [0.29, 0.717) is 11.3 Å². The molecule has 0 radical (unpaired) electrons. The number of hydrogen-bond donors (Lipinski definition) is 2. The molecule has 0 bridgehead atoms. The molecule has 132 valence electrons. The van der Waals surface area contributed by atoms with Gasteiger partial charge in [0.15, 0.2) is 0 Å². The van der Waals surface area contributed by atoms with Gasteiger partial charge in [0, 0.05) is 17.8 Å². The molecule has 1 aromatic carbocycles. The molecule has 0 aromatic heterocycles. The van der Waals surface area contributed by atoms with Gasteiger partial charge in [-0.05, 0) is 44.9 Å². The number of urea groups is 1. The molecule has 24 heavy (non-hydrogen) atoms. The largest absolute Gasteiger partial charge is 0.394 e. The van der Waals surface area contributed by atoms with E-state index in [1.54, 1.807) is 19.1 Å². The van der Waals surface area contributed by atoms with Crippen molar-refractivity contribution >= 4 is 17.6 Å². The minimum absolute atomic E-state index is 0.0115. The summed E-state index contributed by atoms with van der Waals surface area (Å²) in [7, 11) is 0. The molecular weight excluding hydrogens is 323 g/mol.